The number of hydrogen-bond donors (Lipinski definition) is 2. The maximum Gasteiger partial charge on any atom is 0.471 e. The van der Waals surface area contributed by atoms with Gasteiger partial charge in [-0.15, -0.1) is 0 Å². The Hall–Kier alpha value is -2.62. The van der Waals surface area contributed by atoms with Gasteiger partial charge in [0.25, 0.3) is 0 Å². The lowest BCUT2D eigenvalue weighted by molar-refractivity contribution is -0.991. The second kappa shape index (κ2) is 9.89. The van der Waals surface area contributed by atoms with Crippen molar-refractivity contribution >= 4 is 17.5 Å². The summed E-state index contributed by atoms with van der Waals surface area (Å²) in [6, 6.07) is 1.90. The van der Waals surface area contributed by atoms with E-state index in [1.807, 2.05) is 0 Å². The Kier molecular flexibility index (Phi) is 7.92. The molecule has 180 valence electrons. The fourth-order valence-corrected chi connectivity index (χ4v) is 3.10. The third kappa shape index (κ3) is 6.21. The van der Waals surface area contributed by atoms with Crippen LogP contribution in [0.2, 0.25) is 0 Å². The van der Waals surface area contributed by atoms with Crippen LogP contribution < -0.4 is 9.96 Å². The fraction of sp³-hybridized carbons (Fsp3) is 0.529. The Balaban J connectivity index is 2.60. The van der Waals surface area contributed by atoms with Crippen molar-refractivity contribution in [2.75, 3.05) is 33.4 Å². The zero-order valence-corrected chi connectivity index (χ0v) is 16.5. The summed E-state index contributed by atoms with van der Waals surface area (Å²) >= 11 is 0. The molecule has 1 aromatic carbocycles. The first kappa shape index (κ1) is 25.6. The Morgan fingerprint density at radius 1 is 1.00 bits per heavy atom. The van der Waals surface area contributed by atoms with Crippen molar-refractivity contribution in [3.8, 4) is 5.75 Å². The van der Waals surface area contributed by atoms with E-state index in [9.17, 15) is 46.3 Å². The van der Waals surface area contributed by atoms with Gasteiger partial charge in [-0.3, -0.25) is 9.59 Å². The molecule has 0 saturated heterocycles. The van der Waals surface area contributed by atoms with Gasteiger partial charge in [0.15, 0.2) is 5.69 Å². The number of carbonyl (C=O) groups is 2. The summed E-state index contributed by atoms with van der Waals surface area (Å²) in [5, 5.41) is 19.3. The van der Waals surface area contributed by atoms with Crippen molar-refractivity contribution in [2.45, 2.75) is 25.4 Å². The molecule has 0 aliphatic carbocycles. The van der Waals surface area contributed by atoms with E-state index in [1.165, 1.54) is 0 Å². The number of quaternary nitrogens is 1. The SMILES string of the molecule is COc1c2cc([NH+]([O-])O)cc1CN(C(=O)C(F)(F)F)CCOCCN(C(=O)C(F)(F)F)C2. The molecule has 0 aromatic heterocycles. The number of methoxy groups -OCH3 is 1. The molecule has 1 aromatic rings. The molecule has 9 nitrogen and oxygen atoms in total. The van der Waals surface area contributed by atoms with E-state index < -0.39 is 74.5 Å². The maximum absolute atomic E-state index is 13.0. The Morgan fingerprint density at radius 3 is 1.72 bits per heavy atom. The van der Waals surface area contributed by atoms with Gasteiger partial charge in [0.2, 0.25) is 0 Å². The number of carbonyl (C=O) groups excluding carboxylic acids is 2. The highest BCUT2D eigenvalue weighted by atomic mass is 19.4. The van der Waals surface area contributed by atoms with Gasteiger partial charge in [-0.25, -0.2) is 5.21 Å². The number of ether oxygens (including phenoxy) is 2. The number of benzene rings is 1. The molecule has 1 heterocycles. The first-order valence-electron chi connectivity index (χ1n) is 8.98. The predicted molar refractivity (Wildman–Crippen MR) is 92.5 cm³/mol. The lowest BCUT2D eigenvalue weighted by Gasteiger charge is -2.29. The second-order valence-electron chi connectivity index (χ2n) is 6.69. The van der Waals surface area contributed by atoms with Gasteiger partial charge in [0.1, 0.15) is 5.75 Å². The van der Waals surface area contributed by atoms with Gasteiger partial charge in [-0.1, -0.05) is 0 Å². The second-order valence-corrected chi connectivity index (χ2v) is 6.69. The van der Waals surface area contributed by atoms with E-state index in [1.54, 1.807) is 0 Å². The summed E-state index contributed by atoms with van der Waals surface area (Å²) in [5.41, 5.74) is -0.858. The van der Waals surface area contributed by atoms with Gasteiger partial charge in [0, 0.05) is 49.4 Å². The molecule has 1 aliphatic rings. The first-order valence-corrected chi connectivity index (χ1v) is 8.98. The predicted octanol–water partition coefficient (Wildman–Crippen LogP) is 0.911. The van der Waals surface area contributed by atoms with E-state index in [4.69, 9.17) is 9.47 Å². The minimum atomic E-state index is -5.23. The Morgan fingerprint density at radius 2 is 1.41 bits per heavy atom. The zero-order valence-electron chi connectivity index (χ0n) is 16.5. The highest BCUT2D eigenvalue weighted by molar-refractivity contribution is 5.82. The maximum atomic E-state index is 13.0. The highest BCUT2D eigenvalue weighted by Crippen LogP contribution is 2.32. The largest absolute Gasteiger partial charge is 0.595 e. The van der Waals surface area contributed by atoms with Gasteiger partial charge in [-0.2, -0.15) is 31.6 Å². The molecule has 2 bridgehead atoms. The summed E-state index contributed by atoms with van der Waals surface area (Å²) in [7, 11) is 1.07. The number of hydrogen-bond acceptors (Lipinski definition) is 6. The summed E-state index contributed by atoms with van der Waals surface area (Å²) in [4.78, 5) is 24.4. The molecule has 15 heteroatoms. The molecule has 2 rings (SSSR count). The molecule has 1 aliphatic heterocycles. The van der Waals surface area contributed by atoms with Gasteiger partial charge in [0.05, 0.1) is 20.3 Å². The van der Waals surface area contributed by atoms with Crippen LogP contribution in [0.3, 0.4) is 0 Å². The molecule has 0 saturated carbocycles. The molecule has 1 atom stereocenters. The van der Waals surface area contributed by atoms with Gasteiger partial charge >= 0.3 is 24.2 Å². The summed E-state index contributed by atoms with van der Waals surface area (Å²) in [6.45, 7) is -3.64. The lowest BCUT2D eigenvalue weighted by Crippen LogP contribution is -2.99. The molecule has 2 amide bonds. The third-order valence-electron chi connectivity index (χ3n) is 4.49. The fourth-order valence-electron chi connectivity index (χ4n) is 3.10. The average molecular weight is 475 g/mol. The number of halogens is 6. The average Bonchev–Trinajstić information content (AvgIpc) is 2.68. The highest BCUT2D eigenvalue weighted by Gasteiger charge is 2.44. The topological polar surface area (TPSA) is 107 Å². The number of nitrogens with one attached hydrogen (secondary N) is 1. The molecule has 2 N–H and O–H groups in total. The lowest BCUT2D eigenvalue weighted by atomic mass is 10.0. The van der Waals surface area contributed by atoms with Crippen LogP contribution in [-0.2, 0) is 27.4 Å². The number of fused-ring (bicyclic) bond motifs is 2. The van der Waals surface area contributed by atoms with Crippen molar-refractivity contribution in [1.29, 1.82) is 0 Å². The quantitative estimate of drug-likeness (QED) is 0.487. The van der Waals surface area contributed by atoms with E-state index in [2.05, 4.69) is 0 Å². The van der Waals surface area contributed by atoms with Gasteiger partial charge < -0.3 is 24.5 Å². The monoisotopic (exact) mass is 475 g/mol. The van der Waals surface area contributed by atoms with Crippen LogP contribution in [0.15, 0.2) is 12.1 Å². The normalized spacial score (nSPS) is 17.3. The Bertz CT molecular complexity index is 786. The third-order valence-corrected chi connectivity index (χ3v) is 4.49. The van der Waals surface area contributed by atoms with Crippen molar-refractivity contribution in [1.82, 2.24) is 9.80 Å². The van der Waals surface area contributed by atoms with Crippen LogP contribution in [0.5, 0.6) is 5.75 Å². The van der Waals surface area contributed by atoms with Crippen LogP contribution in [0.1, 0.15) is 11.1 Å². The summed E-state index contributed by atoms with van der Waals surface area (Å²) in [6.07, 6.45) is -10.5. The number of alkyl halides is 6. The van der Waals surface area contributed by atoms with Crippen molar-refractivity contribution in [3.63, 3.8) is 0 Å². The van der Waals surface area contributed by atoms with Crippen LogP contribution in [-0.4, -0.2) is 72.6 Å². The van der Waals surface area contributed by atoms with E-state index in [0.29, 0.717) is 9.80 Å². The summed E-state index contributed by atoms with van der Waals surface area (Å²) < 4.78 is 88.2. The van der Waals surface area contributed by atoms with E-state index in [0.717, 1.165) is 19.2 Å². The van der Waals surface area contributed by atoms with Crippen LogP contribution >= 0.6 is 0 Å². The minimum Gasteiger partial charge on any atom is -0.595 e. The van der Waals surface area contributed by atoms with E-state index >= 15 is 0 Å². The number of rotatable bonds is 2. The molecule has 32 heavy (non-hydrogen) atoms. The van der Waals surface area contributed by atoms with Crippen LogP contribution in [0.25, 0.3) is 0 Å². The zero-order chi connectivity index (χ0) is 24.3. The Labute approximate surface area is 177 Å². The molecular weight excluding hydrogens is 456 g/mol. The summed E-state index contributed by atoms with van der Waals surface area (Å²) in [5.74, 6) is -4.66. The number of amides is 2. The van der Waals surface area contributed by atoms with Gasteiger partial charge in [-0.05, 0) is 0 Å². The molecule has 0 fully saturated rings. The molecular formula is C17H19F6N3O6. The first-order chi connectivity index (χ1) is 14.8. The standard InChI is InChI=1S/C17H19F6N3O6/c1-31-13-10-6-12(26(29)30)7-11(13)9-25(15(28)17(21,22)23)3-5-32-4-2-24(8-10)14(27)16(18,19)20/h6-7,26,29H,2-5,8-9H2,1H3. The molecule has 1 unspecified atom stereocenters. The van der Waals surface area contributed by atoms with Crippen LogP contribution in [0.4, 0.5) is 32.0 Å². The van der Waals surface area contributed by atoms with Crippen molar-refractivity contribution < 1.29 is 55.8 Å². The molecule has 0 spiro atoms. The molecule has 0 radical (unpaired) electrons. The van der Waals surface area contributed by atoms with Crippen LogP contribution in [0, 0.1) is 5.21 Å². The number of nitrogens with zero attached hydrogens (tertiary/aromatic N) is 2. The van der Waals surface area contributed by atoms with Crippen molar-refractivity contribution in [3.05, 3.63) is 28.5 Å². The minimum absolute atomic E-state index is 0.194. The smallest absolute Gasteiger partial charge is 0.471 e. The van der Waals surface area contributed by atoms with E-state index in [-0.39, 0.29) is 16.9 Å². The van der Waals surface area contributed by atoms with Crippen molar-refractivity contribution in [2.24, 2.45) is 0 Å².